The maximum atomic E-state index is 12.5. The summed E-state index contributed by atoms with van der Waals surface area (Å²) in [6, 6.07) is 7.06. The van der Waals surface area contributed by atoms with Crippen LogP contribution < -0.4 is 14.8 Å². The molecule has 0 aliphatic heterocycles. The Morgan fingerprint density at radius 3 is 2.57 bits per heavy atom. The van der Waals surface area contributed by atoms with Crippen LogP contribution in [0, 0.1) is 6.92 Å². The lowest BCUT2D eigenvalue weighted by Gasteiger charge is -2.11. The molecule has 148 valence electrons. The van der Waals surface area contributed by atoms with E-state index in [-0.39, 0.29) is 17.8 Å². The van der Waals surface area contributed by atoms with Crippen molar-refractivity contribution >= 4 is 11.9 Å². The fourth-order valence-corrected chi connectivity index (χ4v) is 2.71. The Hall–Kier alpha value is -3.36. The molecule has 0 atom stereocenters. The number of benzene rings is 1. The Balaban J connectivity index is 1.80. The van der Waals surface area contributed by atoms with Crippen molar-refractivity contribution in [1.82, 2.24) is 20.0 Å². The van der Waals surface area contributed by atoms with Gasteiger partial charge >= 0.3 is 6.01 Å². The highest BCUT2D eigenvalue weighted by Crippen LogP contribution is 2.32. The zero-order chi connectivity index (χ0) is 20.1. The molecular weight excluding hydrogens is 362 g/mol. The van der Waals surface area contributed by atoms with E-state index in [1.54, 1.807) is 28.9 Å². The van der Waals surface area contributed by atoms with Gasteiger partial charge in [0.05, 0.1) is 18.9 Å². The Morgan fingerprint density at radius 2 is 1.86 bits per heavy atom. The molecular formula is C19H23N5O4. The fourth-order valence-electron chi connectivity index (χ4n) is 2.71. The molecule has 0 radical (unpaired) electrons. The number of amides is 1. The van der Waals surface area contributed by atoms with Gasteiger partial charge in [0.1, 0.15) is 5.69 Å². The number of ether oxygens (including phenoxy) is 2. The van der Waals surface area contributed by atoms with Gasteiger partial charge in [0.2, 0.25) is 5.89 Å². The molecule has 1 amide bonds. The topological polar surface area (TPSA) is 104 Å². The van der Waals surface area contributed by atoms with Crippen molar-refractivity contribution in [2.24, 2.45) is 0 Å². The average molecular weight is 385 g/mol. The molecule has 1 aromatic carbocycles. The monoisotopic (exact) mass is 385 g/mol. The Morgan fingerprint density at radius 1 is 1.11 bits per heavy atom. The van der Waals surface area contributed by atoms with Crippen LogP contribution in [-0.4, -0.2) is 39.1 Å². The number of nitrogens with one attached hydrogen (secondary N) is 1. The lowest BCUT2D eigenvalue weighted by atomic mass is 10.2. The molecule has 0 aliphatic carbocycles. The van der Waals surface area contributed by atoms with Gasteiger partial charge in [-0.05, 0) is 52.0 Å². The Labute approximate surface area is 162 Å². The van der Waals surface area contributed by atoms with Gasteiger partial charge in [0.25, 0.3) is 5.91 Å². The molecule has 0 bridgehead atoms. The van der Waals surface area contributed by atoms with Crippen LogP contribution in [0.1, 0.15) is 37.0 Å². The number of nitrogens with zero attached hydrogens (tertiary/aromatic N) is 4. The van der Waals surface area contributed by atoms with Gasteiger partial charge in [-0.2, -0.15) is 5.10 Å². The minimum Gasteiger partial charge on any atom is -0.490 e. The second kappa shape index (κ2) is 8.55. The summed E-state index contributed by atoms with van der Waals surface area (Å²) in [4.78, 5) is 12.5. The number of hydrogen-bond acceptors (Lipinski definition) is 7. The first-order valence-corrected chi connectivity index (χ1v) is 9.15. The summed E-state index contributed by atoms with van der Waals surface area (Å²) >= 11 is 0. The zero-order valence-corrected chi connectivity index (χ0v) is 16.4. The molecule has 9 heteroatoms. The summed E-state index contributed by atoms with van der Waals surface area (Å²) < 4.78 is 18.4. The summed E-state index contributed by atoms with van der Waals surface area (Å²) in [5, 5.41) is 14.8. The summed E-state index contributed by atoms with van der Waals surface area (Å²) in [6.45, 7) is 9.15. The minimum atomic E-state index is -0.362. The second-order valence-corrected chi connectivity index (χ2v) is 5.88. The van der Waals surface area contributed by atoms with E-state index < -0.39 is 0 Å². The van der Waals surface area contributed by atoms with E-state index in [1.807, 2.05) is 27.7 Å². The van der Waals surface area contributed by atoms with Gasteiger partial charge in [0, 0.05) is 12.1 Å². The van der Waals surface area contributed by atoms with Crippen LogP contribution >= 0.6 is 0 Å². The van der Waals surface area contributed by atoms with Crippen molar-refractivity contribution in [3.63, 3.8) is 0 Å². The largest absolute Gasteiger partial charge is 0.490 e. The highest BCUT2D eigenvalue weighted by atomic mass is 16.5. The molecule has 0 spiro atoms. The number of aryl methyl sites for hydroxylation is 2. The van der Waals surface area contributed by atoms with Crippen molar-refractivity contribution in [1.29, 1.82) is 0 Å². The van der Waals surface area contributed by atoms with Crippen molar-refractivity contribution in [2.75, 3.05) is 18.5 Å². The lowest BCUT2D eigenvalue weighted by Crippen LogP contribution is -2.17. The van der Waals surface area contributed by atoms with E-state index in [9.17, 15) is 4.79 Å². The first kappa shape index (κ1) is 19.4. The van der Waals surface area contributed by atoms with Crippen molar-refractivity contribution in [2.45, 2.75) is 34.2 Å². The molecule has 0 saturated heterocycles. The van der Waals surface area contributed by atoms with Crippen LogP contribution in [-0.2, 0) is 6.54 Å². The smallest absolute Gasteiger partial charge is 0.322 e. The quantitative estimate of drug-likeness (QED) is 0.634. The van der Waals surface area contributed by atoms with E-state index in [2.05, 4.69) is 20.6 Å². The molecule has 0 saturated carbocycles. The molecule has 9 nitrogen and oxygen atoms in total. The van der Waals surface area contributed by atoms with Gasteiger partial charge in [-0.15, -0.1) is 5.10 Å². The molecule has 28 heavy (non-hydrogen) atoms. The predicted octanol–water partition coefficient (Wildman–Crippen LogP) is 3.31. The number of aromatic nitrogens is 4. The highest BCUT2D eigenvalue weighted by molar-refractivity contribution is 6.01. The SMILES string of the molecule is CCOc1ccc(-c2nnc(NC(=O)c3cc(C)nn3CC)o2)cc1OCC. The summed E-state index contributed by atoms with van der Waals surface area (Å²) in [7, 11) is 0. The maximum absolute atomic E-state index is 12.5. The zero-order valence-electron chi connectivity index (χ0n) is 16.4. The molecule has 0 aliphatic rings. The molecule has 3 aromatic rings. The number of hydrogen-bond donors (Lipinski definition) is 1. The fraction of sp³-hybridized carbons (Fsp3) is 0.368. The van der Waals surface area contributed by atoms with Crippen LogP contribution in [0.5, 0.6) is 11.5 Å². The predicted molar refractivity (Wildman–Crippen MR) is 103 cm³/mol. The Kier molecular flexibility index (Phi) is 5.93. The average Bonchev–Trinajstić information content (AvgIpc) is 3.30. The van der Waals surface area contributed by atoms with E-state index >= 15 is 0 Å². The number of carbonyl (C=O) groups excluding carboxylic acids is 1. The second-order valence-electron chi connectivity index (χ2n) is 5.88. The Bertz CT molecular complexity index is 963. The summed E-state index contributed by atoms with van der Waals surface area (Å²) in [6.07, 6.45) is 0. The van der Waals surface area contributed by atoms with E-state index in [0.717, 1.165) is 5.69 Å². The van der Waals surface area contributed by atoms with Gasteiger partial charge < -0.3 is 13.9 Å². The minimum absolute atomic E-state index is 0.00773. The van der Waals surface area contributed by atoms with Crippen molar-refractivity contribution in [3.05, 3.63) is 35.7 Å². The van der Waals surface area contributed by atoms with Crippen LogP contribution in [0.15, 0.2) is 28.7 Å². The van der Waals surface area contributed by atoms with Crippen molar-refractivity contribution in [3.8, 4) is 23.0 Å². The third-order valence-corrected chi connectivity index (χ3v) is 3.87. The third-order valence-electron chi connectivity index (χ3n) is 3.87. The normalized spacial score (nSPS) is 10.7. The molecule has 2 heterocycles. The first-order valence-electron chi connectivity index (χ1n) is 9.15. The number of anilines is 1. The standard InChI is InChI=1S/C19H23N5O4/c1-5-24-14(10-12(4)23-24)17(25)20-19-22-21-18(28-19)13-8-9-15(26-6-2)16(11-13)27-7-3/h8-11H,5-7H2,1-4H3,(H,20,22,25). The van der Waals surface area contributed by atoms with Crippen LogP contribution in [0.4, 0.5) is 6.01 Å². The van der Waals surface area contributed by atoms with Gasteiger partial charge in [-0.1, -0.05) is 5.10 Å². The number of carbonyl (C=O) groups is 1. The molecule has 3 rings (SSSR count). The first-order chi connectivity index (χ1) is 13.5. The maximum Gasteiger partial charge on any atom is 0.322 e. The van der Waals surface area contributed by atoms with E-state index in [1.165, 1.54) is 0 Å². The van der Waals surface area contributed by atoms with Crippen LogP contribution in [0.25, 0.3) is 11.5 Å². The van der Waals surface area contributed by atoms with Crippen LogP contribution in [0.3, 0.4) is 0 Å². The lowest BCUT2D eigenvalue weighted by molar-refractivity contribution is 0.101. The van der Waals surface area contributed by atoms with E-state index in [0.29, 0.717) is 42.5 Å². The molecule has 1 N–H and O–H groups in total. The van der Waals surface area contributed by atoms with E-state index in [4.69, 9.17) is 13.9 Å². The molecule has 0 fully saturated rings. The summed E-state index contributed by atoms with van der Waals surface area (Å²) in [5.74, 6) is 1.14. The molecule has 2 aromatic heterocycles. The highest BCUT2D eigenvalue weighted by Gasteiger charge is 2.18. The van der Waals surface area contributed by atoms with Crippen LogP contribution in [0.2, 0.25) is 0 Å². The summed E-state index contributed by atoms with van der Waals surface area (Å²) in [5.41, 5.74) is 1.85. The van der Waals surface area contributed by atoms with Gasteiger partial charge in [0.15, 0.2) is 11.5 Å². The van der Waals surface area contributed by atoms with Gasteiger partial charge in [-0.3, -0.25) is 14.8 Å². The number of rotatable bonds is 8. The van der Waals surface area contributed by atoms with Crippen molar-refractivity contribution < 1.29 is 18.7 Å². The van der Waals surface area contributed by atoms with Gasteiger partial charge in [-0.25, -0.2) is 0 Å². The molecule has 0 unspecified atom stereocenters. The third kappa shape index (κ3) is 4.13.